The van der Waals surface area contributed by atoms with Crippen LogP contribution >= 0.6 is 23.2 Å². The average molecular weight is 502 g/mol. The fourth-order valence-electron chi connectivity index (χ4n) is 3.47. The second-order valence-corrected chi connectivity index (χ2v) is 8.63. The first-order valence-electron chi connectivity index (χ1n) is 10.6. The topological polar surface area (TPSA) is 65.6 Å². The minimum Gasteiger partial charge on any atom is -0.341 e. The van der Waals surface area contributed by atoms with Gasteiger partial charge in [-0.15, -0.1) is 18.0 Å². The van der Waals surface area contributed by atoms with Crippen molar-refractivity contribution in [1.82, 2.24) is 24.1 Å². The normalized spacial score (nSPS) is 11.4. The maximum Gasteiger partial charge on any atom is 0.251 e. The van der Waals surface area contributed by atoms with Gasteiger partial charge in [0.2, 0.25) is 0 Å². The molecule has 35 heavy (non-hydrogen) atoms. The second-order valence-electron chi connectivity index (χ2n) is 7.75. The Balaban J connectivity index is 0.000000421. The number of benzene rings is 1. The zero-order valence-corrected chi connectivity index (χ0v) is 20.6. The molecule has 0 saturated heterocycles. The van der Waals surface area contributed by atoms with Crippen molar-refractivity contribution in [2.75, 3.05) is 0 Å². The number of imidazole rings is 1. The van der Waals surface area contributed by atoms with Crippen molar-refractivity contribution in [3.63, 3.8) is 0 Å². The number of alkyl halides is 1. The van der Waals surface area contributed by atoms with Crippen LogP contribution in [0.15, 0.2) is 84.2 Å². The van der Waals surface area contributed by atoms with E-state index in [1.807, 2.05) is 48.1 Å². The lowest BCUT2D eigenvalue weighted by Gasteiger charge is -2.14. The molecule has 0 spiro atoms. The third-order valence-corrected chi connectivity index (χ3v) is 6.07. The molecule has 0 bridgehead atoms. The summed E-state index contributed by atoms with van der Waals surface area (Å²) in [4.78, 5) is 25.5. The van der Waals surface area contributed by atoms with Crippen LogP contribution in [0.1, 0.15) is 22.3 Å². The number of hydrogen-bond donors (Lipinski definition) is 0. The third-order valence-electron chi connectivity index (χ3n) is 5.34. The van der Waals surface area contributed by atoms with Crippen LogP contribution in [0, 0.1) is 12.3 Å². The summed E-state index contributed by atoms with van der Waals surface area (Å²) in [7, 11) is 3.64. The molecule has 4 heterocycles. The molecular weight excluding hydrogens is 481 g/mol. The standard InChI is InChI=1S/C23H15Cl2N3O.C4H6N2/c1-3-16-5-4-6-18(26-16)17-13-21(29)28(2)20-12-11-19(27-23(17)20)22(25)14-7-9-15(24)10-8-14;1-6-3-2-5-4-6/h1,4-13,22H,2H3;2-4H,1H3. The van der Waals surface area contributed by atoms with E-state index < -0.39 is 5.38 Å². The molecule has 1 aromatic carbocycles. The van der Waals surface area contributed by atoms with Crippen molar-refractivity contribution in [2.45, 2.75) is 5.38 Å². The lowest BCUT2D eigenvalue weighted by Crippen LogP contribution is -2.17. The Kier molecular flexibility index (Phi) is 7.31. The van der Waals surface area contributed by atoms with Crippen LogP contribution in [0.3, 0.4) is 0 Å². The Morgan fingerprint density at radius 1 is 1.03 bits per heavy atom. The van der Waals surface area contributed by atoms with Crippen molar-refractivity contribution in [3.8, 4) is 23.6 Å². The lowest BCUT2D eigenvalue weighted by atomic mass is 10.1. The molecule has 0 N–H and O–H groups in total. The Morgan fingerprint density at radius 3 is 2.43 bits per heavy atom. The summed E-state index contributed by atoms with van der Waals surface area (Å²) in [5.41, 5.74) is 4.39. The van der Waals surface area contributed by atoms with Gasteiger partial charge in [0.25, 0.3) is 5.56 Å². The van der Waals surface area contributed by atoms with Crippen LogP contribution in [0.5, 0.6) is 0 Å². The number of halogens is 2. The molecule has 5 rings (SSSR count). The molecule has 0 aliphatic carbocycles. The molecule has 0 amide bonds. The van der Waals surface area contributed by atoms with Crippen molar-refractivity contribution in [3.05, 3.63) is 112 Å². The van der Waals surface area contributed by atoms with Gasteiger partial charge in [0.15, 0.2) is 0 Å². The van der Waals surface area contributed by atoms with Gasteiger partial charge in [-0.2, -0.15) is 0 Å². The zero-order valence-electron chi connectivity index (χ0n) is 19.1. The summed E-state index contributed by atoms with van der Waals surface area (Å²) in [5, 5.41) is 0.174. The molecule has 1 unspecified atom stereocenters. The minimum atomic E-state index is -0.466. The number of fused-ring (bicyclic) bond motifs is 1. The molecule has 0 fully saturated rings. The van der Waals surface area contributed by atoms with E-state index in [9.17, 15) is 4.79 Å². The summed E-state index contributed by atoms with van der Waals surface area (Å²) >= 11 is 12.7. The molecular formula is C27H21Cl2N5O. The highest BCUT2D eigenvalue weighted by Crippen LogP contribution is 2.31. The molecule has 0 saturated carbocycles. The molecule has 6 nitrogen and oxygen atoms in total. The Hall–Kier alpha value is -3.92. The predicted octanol–water partition coefficient (Wildman–Crippen LogP) is 5.38. The summed E-state index contributed by atoms with van der Waals surface area (Å²) in [6.07, 6.45) is 10.9. The van der Waals surface area contributed by atoms with E-state index in [1.165, 1.54) is 6.07 Å². The molecule has 0 radical (unpaired) electrons. The molecule has 8 heteroatoms. The zero-order chi connectivity index (χ0) is 24.9. The average Bonchev–Trinajstić information content (AvgIpc) is 3.37. The number of hydrogen-bond acceptors (Lipinski definition) is 4. The molecule has 4 aromatic heterocycles. The van der Waals surface area contributed by atoms with Gasteiger partial charge in [0.1, 0.15) is 11.1 Å². The fourth-order valence-corrected chi connectivity index (χ4v) is 3.87. The van der Waals surface area contributed by atoms with Gasteiger partial charge >= 0.3 is 0 Å². The molecule has 0 aliphatic heterocycles. The van der Waals surface area contributed by atoms with Gasteiger partial charge in [-0.1, -0.05) is 35.7 Å². The van der Waals surface area contributed by atoms with Crippen LogP contribution in [-0.4, -0.2) is 24.1 Å². The lowest BCUT2D eigenvalue weighted by molar-refractivity contribution is 0.900. The summed E-state index contributed by atoms with van der Waals surface area (Å²) in [5.74, 6) is 2.52. The van der Waals surface area contributed by atoms with Crippen LogP contribution in [0.25, 0.3) is 22.3 Å². The minimum absolute atomic E-state index is 0.157. The van der Waals surface area contributed by atoms with E-state index >= 15 is 0 Å². The highest BCUT2D eigenvalue weighted by Gasteiger charge is 2.17. The van der Waals surface area contributed by atoms with Crippen LogP contribution in [-0.2, 0) is 14.1 Å². The first kappa shape index (κ1) is 24.2. The van der Waals surface area contributed by atoms with Crippen molar-refractivity contribution < 1.29 is 0 Å². The number of aromatic nitrogens is 5. The number of aryl methyl sites for hydroxylation is 2. The largest absolute Gasteiger partial charge is 0.341 e. The summed E-state index contributed by atoms with van der Waals surface area (Å²) in [6.45, 7) is 0. The SMILES string of the molecule is C#Cc1cccc(-c2cc(=O)n(C)c3ccc(C(Cl)c4ccc(Cl)cc4)nc23)n1.Cn1ccnc1. The molecule has 174 valence electrons. The second kappa shape index (κ2) is 10.6. The summed E-state index contributed by atoms with van der Waals surface area (Å²) in [6, 6.07) is 17.9. The Bertz CT molecular complexity index is 1570. The van der Waals surface area contributed by atoms with E-state index in [2.05, 4.69) is 15.9 Å². The van der Waals surface area contributed by atoms with Crippen molar-refractivity contribution in [1.29, 1.82) is 0 Å². The highest BCUT2D eigenvalue weighted by atomic mass is 35.5. The quantitative estimate of drug-likeness (QED) is 0.246. The van der Waals surface area contributed by atoms with E-state index in [-0.39, 0.29) is 5.56 Å². The van der Waals surface area contributed by atoms with Gasteiger partial charge in [0.05, 0.1) is 28.7 Å². The fraction of sp³-hybridized carbons (Fsp3) is 0.111. The number of nitrogens with zero attached hydrogens (tertiary/aromatic N) is 5. The van der Waals surface area contributed by atoms with Crippen molar-refractivity contribution in [2.24, 2.45) is 14.1 Å². The van der Waals surface area contributed by atoms with Crippen LogP contribution < -0.4 is 5.56 Å². The predicted molar refractivity (Wildman–Crippen MR) is 141 cm³/mol. The highest BCUT2D eigenvalue weighted by molar-refractivity contribution is 6.30. The first-order valence-corrected chi connectivity index (χ1v) is 11.4. The van der Waals surface area contributed by atoms with Crippen LogP contribution in [0.4, 0.5) is 0 Å². The van der Waals surface area contributed by atoms with E-state index in [0.29, 0.717) is 38.7 Å². The van der Waals surface area contributed by atoms with Gasteiger partial charge in [-0.25, -0.2) is 15.0 Å². The molecule has 1 atom stereocenters. The van der Waals surface area contributed by atoms with Gasteiger partial charge in [-0.05, 0) is 42.0 Å². The van der Waals surface area contributed by atoms with Gasteiger partial charge in [0, 0.05) is 43.1 Å². The summed E-state index contributed by atoms with van der Waals surface area (Å²) < 4.78 is 3.44. The van der Waals surface area contributed by atoms with Crippen molar-refractivity contribution >= 4 is 34.2 Å². The number of rotatable bonds is 3. The molecule has 5 aromatic rings. The maximum atomic E-state index is 12.5. The first-order chi connectivity index (χ1) is 16.9. The van der Waals surface area contributed by atoms with E-state index in [1.54, 1.807) is 48.4 Å². The van der Waals surface area contributed by atoms with E-state index in [4.69, 9.17) is 34.6 Å². The monoisotopic (exact) mass is 501 g/mol. The Morgan fingerprint density at radius 2 is 1.80 bits per heavy atom. The smallest absolute Gasteiger partial charge is 0.251 e. The number of pyridine rings is 3. The number of terminal acetylenes is 1. The van der Waals surface area contributed by atoms with Crippen LogP contribution in [0.2, 0.25) is 5.02 Å². The van der Waals surface area contributed by atoms with Gasteiger partial charge in [-0.3, -0.25) is 4.79 Å². The van der Waals surface area contributed by atoms with E-state index in [0.717, 1.165) is 5.56 Å². The Labute approximate surface area is 212 Å². The third kappa shape index (κ3) is 5.43. The van der Waals surface area contributed by atoms with Gasteiger partial charge < -0.3 is 9.13 Å². The molecule has 0 aliphatic rings. The maximum absolute atomic E-state index is 12.5.